The van der Waals surface area contributed by atoms with Gasteiger partial charge in [0.1, 0.15) is 12.6 Å². The Balaban J connectivity index is 1.98. The van der Waals surface area contributed by atoms with E-state index in [2.05, 4.69) is 0 Å². The molecule has 22 heavy (non-hydrogen) atoms. The van der Waals surface area contributed by atoms with Gasteiger partial charge in [-0.2, -0.15) is 0 Å². The summed E-state index contributed by atoms with van der Waals surface area (Å²) in [7, 11) is 1.32. The Kier molecular flexibility index (Phi) is 5.77. The number of methoxy groups -OCH3 is 1. The predicted octanol–water partition coefficient (Wildman–Crippen LogP) is 1.54. The van der Waals surface area contributed by atoms with Gasteiger partial charge in [0.2, 0.25) is 0 Å². The number of amides is 1. The molecule has 2 rings (SSSR count). The van der Waals surface area contributed by atoms with Crippen LogP contribution in [0.25, 0.3) is 0 Å². The Morgan fingerprint density at radius 3 is 2.68 bits per heavy atom. The molecule has 0 spiro atoms. The van der Waals surface area contributed by atoms with Crippen LogP contribution in [0.1, 0.15) is 18.4 Å². The van der Waals surface area contributed by atoms with E-state index in [1.54, 1.807) is 0 Å². The summed E-state index contributed by atoms with van der Waals surface area (Å²) in [5.41, 5.74) is 6.58. The number of nitrogens with zero attached hydrogens (tertiary/aromatic N) is 1. The molecule has 1 amide bonds. The Bertz CT molecular complexity index is 506. The molecule has 0 saturated carbocycles. The summed E-state index contributed by atoms with van der Waals surface area (Å²) in [5, 5.41) is 0. The summed E-state index contributed by atoms with van der Waals surface area (Å²) < 4.78 is 10.1. The van der Waals surface area contributed by atoms with Crippen molar-refractivity contribution in [1.29, 1.82) is 0 Å². The van der Waals surface area contributed by atoms with Crippen LogP contribution in [-0.4, -0.2) is 43.2 Å². The van der Waals surface area contributed by atoms with E-state index in [-0.39, 0.29) is 12.5 Å². The fourth-order valence-electron chi connectivity index (χ4n) is 2.63. The van der Waals surface area contributed by atoms with Gasteiger partial charge in [-0.05, 0) is 30.9 Å². The maximum absolute atomic E-state index is 12.3. The van der Waals surface area contributed by atoms with Gasteiger partial charge in [0.25, 0.3) is 0 Å². The second-order valence-electron chi connectivity index (χ2n) is 5.40. The largest absolute Gasteiger partial charge is 0.467 e. The normalized spacial score (nSPS) is 21.3. The molecule has 0 unspecified atom stereocenters. The van der Waals surface area contributed by atoms with E-state index in [9.17, 15) is 9.59 Å². The lowest BCUT2D eigenvalue weighted by atomic mass is 9.91. The van der Waals surface area contributed by atoms with E-state index in [1.807, 2.05) is 30.3 Å². The Morgan fingerprint density at radius 1 is 1.32 bits per heavy atom. The third-order valence-corrected chi connectivity index (χ3v) is 3.96. The molecule has 1 saturated heterocycles. The molecule has 1 aliphatic heterocycles. The Morgan fingerprint density at radius 2 is 2.05 bits per heavy atom. The second-order valence-corrected chi connectivity index (χ2v) is 5.40. The number of benzene rings is 1. The van der Waals surface area contributed by atoms with E-state index in [4.69, 9.17) is 15.2 Å². The molecule has 0 aliphatic carbocycles. The number of likely N-dealkylation sites (tertiary alicyclic amines) is 1. The van der Waals surface area contributed by atoms with E-state index in [1.165, 1.54) is 12.0 Å². The van der Waals surface area contributed by atoms with Gasteiger partial charge in [-0.25, -0.2) is 9.59 Å². The maximum atomic E-state index is 12.3. The third-order valence-electron chi connectivity index (χ3n) is 3.96. The van der Waals surface area contributed by atoms with Crippen molar-refractivity contribution in [3.8, 4) is 0 Å². The number of rotatable bonds is 4. The number of piperidine rings is 1. The molecular formula is C16H22N2O4. The van der Waals surface area contributed by atoms with Crippen LogP contribution in [0.15, 0.2) is 30.3 Å². The summed E-state index contributed by atoms with van der Waals surface area (Å²) in [5.74, 6) is -0.197. The zero-order valence-corrected chi connectivity index (χ0v) is 12.7. The van der Waals surface area contributed by atoms with Crippen LogP contribution in [0.5, 0.6) is 0 Å². The minimum absolute atomic E-state index is 0.185. The van der Waals surface area contributed by atoms with Gasteiger partial charge >= 0.3 is 12.1 Å². The molecule has 1 aromatic carbocycles. The van der Waals surface area contributed by atoms with Crippen molar-refractivity contribution in [2.75, 3.05) is 20.2 Å². The first-order valence-electron chi connectivity index (χ1n) is 7.41. The van der Waals surface area contributed by atoms with Crippen molar-refractivity contribution in [3.05, 3.63) is 35.9 Å². The first-order chi connectivity index (χ1) is 10.7. The molecular weight excluding hydrogens is 284 g/mol. The second kappa shape index (κ2) is 7.79. The van der Waals surface area contributed by atoms with Crippen LogP contribution in [0, 0.1) is 5.92 Å². The molecule has 6 heteroatoms. The standard InChI is InChI=1S/C16H22N2O4/c1-21-15(19)14-9-13(10-17)7-8-18(14)16(20)22-11-12-5-3-2-4-6-12/h2-6,13-14H,7-11,17H2,1H3/t13-,14+/m0/s1. The Labute approximate surface area is 130 Å². The van der Waals surface area contributed by atoms with Crippen molar-refractivity contribution >= 4 is 12.1 Å². The number of hydrogen-bond acceptors (Lipinski definition) is 5. The lowest BCUT2D eigenvalue weighted by Crippen LogP contribution is -2.51. The van der Waals surface area contributed by atoms with Crippen molar-refractivity contribution in [3.63, 3.8) is 0 Å². The van der Waals surface area contributed by atoms with Crippen LogP contribution < -0.4 is 5.73 Å². The summed E-state index contributed by atoms with van der Waals surface area (Å²) in [6, 6.07) is 8.81. The molecule has 1 fully saturated rings. The third kappa shape index (κ3) is 3.98. The van der Waals surface area contributed by atoms with Crippen molar-refractivity contribution in [1.82, 2.24) is 4.90 Å². The number of esters is 1. The van der Waals surface area contributed by atoms with E-state index in [0.29, 0.717) is 19.5 Å². The molecule has 2 atom stereocenters. The van der Waals surface area contributed by atoms with Gasteiger partial charge < -0.3 is 15.2 Å². The van der Waals surface area contributed by atoms with Crippen molar-refractivity contribution in [2.45, 2.75) is 25.5 Å². The van der Waals surface area contributed by atoms with E-state index >= 15 is 0 Å². The predicted molar refractivity (Wildman–Crippen MR) is 80.9 cm³/mol. The zero-order valence-electron chi connectivity index (χ0n) is 12.7. The van der Waals surface area contributed by atoms with Gasteiger partial charge in [0, 0.05) is 6.54 Å². The summed E-state index contributed by atoms with van der Waals surface area (Å²) >= 11 is 0. The van der Waals surface area contributed by atoms with Gasteiger partial charge in [0.05, 0.1) is 7.11 Å². The molecule has 2 N–H and O–H groups in total. The fraction of sp³-hybridized carbons (Fsp3) is 0.500. The minimum atomic E-state index is -0.615. The fourth-order valence-corrected chi connectivity index (χ4v) is 2.63. The molecule has 1 heterocycles. The van der Waals surface area contributed by atoms with Gasteiger partial charge in [-0.1, -0.05) is 30.3 Å². The summed E-state index contributed by atoms with van der Waals surface area (Å²) in [6.45, 7) is 1.14. The van der Waals surface area contributed by atoms with Crippen LogP contribution in [0.3, 0.4) is 0 Å². The highest BCUT2D eigenvalue weighted by molar-refractivity contribution is 5.81. The first-order valence-corrected chi connectivity index (χ1v) is 7.41. The molecule has 0 aromatic heterocycles. The summed E-state index contributed by atoms with van der Waals surface area (Å²) in [6.07, 6.45) is 0.795. The lowest BCUT2D eigenvalue weighted by Gasteiger charge is -2.36. The van der Waals surface area contributed by atoms with Crippen LogP contribution in [0.2, 0.25) is 0 Å². The highest BCUT2D eigenvalue weighted by Crippen LogP contribution is 2.24. The lowest BCUT2D eigenvalue weighted by molar-refractivity contribution is -0.148. The SMILES string of the molecule is COC(=O)[C@H]1C[C@@H](CN)CCN1C(=O)OCc1ccccc1. The number of carbonyl (C=O) groups is 2. The average molecular weight is 306 g/mol. The van der Waals surface area contributed by atoms with Gasteiger partial charge in [-0.3, -0.25) is 4.90 Å². The smallest absolute Gasteiger partial charge is 0.410 e. The molecule has 0 bridgehead atoms. The molecule has 120 valence electrons. The van der Waals surface area contributed by atoms with Crippen LogP contribution >= 0.6 is 0 Å². The molecule has 6 nitrogen and oxygen atoms in total. The monoisotopic (exact) mass is 306 g/mol. The van der Waals surface area contributed by atoms with Gasteiger partial charge in [0.15, 0.2) is 0 Å². The highest BCUT2D eigenvalue weighted by atomic mass is 16.6. The summed E-state index contributed by atoms with van der Waals surface area (Å²) in [4.78, 5) is 25.6. The number of nitrogens with two attached hydrogens (primary N) is 1. The minimum Gasteiger partial charge on any atom is -0.467 e. The quantitative estimate of drug-likeness (QED) is 0.853. The highest BCUT2D eigenvalue weighted by Gasteiger charge is 2.37. The molecule has 1 aliphatic rings. The molecule has 1 aromatic rings. The van der Waals surface area contributed by atoms with Crippen molar-refractivity contribution in [2.24, 2.45) is 11.7 Å². The number of carbonyl (C=O) groups excluding carboxylic acids is 2. The molecule has 0 radical (unpaired) electrons. The number of ether oxygens (including phenoxy) is 2. The maximum Gasteiger partial charge on any atom is 0.410 e. The Hall–Kier alpha value is -2.08. The first kappa shape index (κ1) is 16.3. The van der Waals surface area contributed by atoms with Crippen LogP contribution in [-0.2, 0) is 20.9 Å². The average Bonchev–Trinajstić information content (AvgIpc) is 2.59. The van der Waals surface area contributed by atoms with Gasteiger partial charge in [-0.15, -0.1) is 0 Å². The van der Waals surface area contributed by atoms with E-state index < -0.39 is 18.1 Å². The van der Waals surface area contributed by atoms with Crippen LogP contribution in [0.4, 0.5) is 4.79 Å². The van der Waals surface area contributed by atoms with Crippen molar-refractivity contribution < 1.29 is 19.1 Å². The topological polar surface area (TPSA) is 81.9 Å². The number of hydrogen-bond donors (Lipinski definition) is 1. The zero-order chi connectivity index (χ0) is 15.9. The van der Waals surface area contributed by atoms with E-state index in [0.717, 1.165) is 12.0 Å².